The minimum atomic E-state index is -0.710. The van der Waals surface area contributed by atoms with Gasteiger partial charge in [-0.3, -0.25) is 4.79 Å². The molecule has 3 N–H and O–H groups in total. The molecule has 0 bridgehead atoms. The van der Waals surface area contributed by atoms with Crippen LogP contribution in [0.1, 0.15) is 50.7 Å². The van der Waals surface area contributed by atoms with Crippen molar-refractivity contribution in [1.82, 2.24) is 5.32 Å². The van der Waals surface area contributed by atoms with E-state index in [1.165, 1.54) is 5.56 Å². The van der Waals surface area contributed by atoms with Gasteiger partial charge < -0.3 is 11.1 Å². The van der Waals surface area contributed by atoms with Crippen molar-refractivity contribution >= 4 is 5.91 Å². The van der Waals surface area contributed by atoms with Gasteiger partial charge in [-0.25, -0.2) is 0 Å². The fraction of sp³-hybridized carbons (Fsp3) is 0.562. The van der Waals surface area contributed by atoms with Gasteiger partial charge in [0.1, 0.15) is 0 Å². The molecule has 19 heavy (non-hydrogen) atoms. The molecular formula is C16H24N2O. The normalized spacial score (nSPS) is 18.2. The summed E-state index contributed by atoms with van der Waals surface area (Å²) >= 11 is 0. The number of benzene rings is 1. The second kappa shape index (κ2) is 5.33. The molecule has 3 heteroatoms. The highest BCUT2D eigenvalue weighted by Gasteiger charge is 2.43. The molecule has 0 spiro atoms. The lowest BCUT2D eigenvalue weighted by Crippen LogP contribution is -2.53. The highest BCUT2D eigenvalue weighted by atomic mass is 16.2. The Hall–Kier alpha value is -1.35. The fourth-order valence-corrected chi connectivity index (χ4v) is 2.26. The molecule has 104 valence electrons. The number of nitrogens with two attached hydrogens (primary N) is 1. The highest BCUT2D eigenvalue weighted by molar-refractivity contribution is 5.86. The Morgan fingerprint density at radius 1 is 1.37 bits per heavy atom. The maximum absolute atomic E-state index is 12.1. The van der Waals surface area contributed by atoms with Crippen molar-refractivity contribution in [3.8, 4) is 0 Å². The molecule has 0 aromatic heterocycles. The predicted molar refractivity (Wildman–Crippen MR) is 77.7 cm³/mol. The van der Waals surface area contributed by atoms with Gasteiger partial charge in [-0.05, 0) is 42.7 Å². The van der Waals surface area contributed by atoms with E-state index < -0.39 is 5.54 Å². The first-order valence-electron chi connectivity index (χ1n) is 7.07. The first-order chi connectivity index (χ1) is 8.91. The van der Waals surface area contributed by atoms with E-state index >= 15 is 0 Å². The van der Waals surface area contributed by atoms with Crippen LogP contribution in [0.4, 0.5) is 0 Å². The SMILES string of the molecule is CC(C)c1ccc(CNC(=O)C(C)(N)C2CC2)cc1. The van der Waals surface area contributed by atoms with Crippen LogP contribution in [0.25, 0.3) is 0 Å². The third-order valence-corrected chi connectivity index (χ3v) is 4.01. The average Bonchev–Trinajstić information content (AvgIpc) is 3.20. The van der Waals surface area contributed by atoms with Gasteiger partial charge in [-0.1, -0.05) is 38.1 Å². The van der Waals surface area contributed by atoms with Crippen LogP contribution in [0, 0.1) is 5.92 Å². The van der Waals surface area contributed by atoms with Crippen molar-refractivity contribution in [1.29, 1.82) is 0 Å². The first kappa shape index (κ1) is 14.1. The van der Waals surface area contributed by atoms with E-state index in [-0.39, 0.29) is 5.91 Å². The highest BCUT2D eigenvalue weighted by Crippen LogP contribution is 2.38. The van der Waals surface area contributed by atoms with E-state index in [0.29, 0.717) is 18.4 Å². The van der Waals surface area contributed by atoms with Crippen molar-refractivity contribution in [3.63, 3.8) is 0 Å². The minimum Gasteiger partial charge on any atom is -0.350 e. The Balaban J connectivity index is 1.89. The second-order valence-electron chi connectivity index (χ2n) is 6.14. The van der Waals surface area contributed by atoms with Crippen LogP contribution < -0.4 is 11.1 Å². The Labute approximate surface area is 115 Å². The number of hydrogen-bond acceptors (Lipinski definition) is 2. The standard InChI is InChI=1S/C16H24N2O/c1-11(2)13-6-4-12(5-7-13)10-18-15(19)16(3,17)14-8-9-14/h4-7,11,14H,8-10,17H2,1-3H3,(H,18,19). The molecule has 1 fully saturated rings. The lowest BCUT2D eigenvalue weighted by atomic mass is 9.96. The zero-order valence-corrected chi connectivity index (χ0v) is 12.1. The molecule has 0 heterocycles. The molecule has 1 amide bonds. The van der Waals surface area contributed by atoms with Gasteiger partial charge in [0.05, 0.1) is 5.54 Å². The van der Waals surface area contributed by atoms with Crippen molar-refractivity contribution in [3.05, 3.63) is 35.4 Å². The third kappa shape index (κ3) is 3.35. The van der Waals surface area contributed by atoms with E-state index in [1.807, 2.05) is 6.92 Å². The zero-order valence-electron chi connectivity index (χ0n) is 12.1. The number of nitrogens with one attached hydrogen (secondary N) is 1. The van der Waals surface area contributed by atoms with Crippen LogP contribution in [0.5, 0.6) is 0 Å². The van der Waals surface area contributed by atoms with E-state index in [4.69, 9.17) is 5.73 Å². The summed E-state index contributed by atoms with van der Waals surface area (Å²) in [5, 5.41) is 2.95. The molecule has 1 unspecified atom stereocenters. The molecule has 1 aliphatic rings. The number of amides is 1. The number of carbonyl (C=O) groups is 1. The monoisotopic (exact) mass is 260 g/mol. The molecule has 2 rings (SSSR count). The molecule has 1 aliphatic carbocycles. The lowest BCUT2D eigenvalue weighted by Gasteiger charge is -2.23. The second-order valence-corrected chi connectivity index (χ2v) is 6.14. The summed E-state index contributed by atoms with van der Waals surface area (Å²) in [5.41, 5.74) is 7.80. The fourth-order valence-electron chi connectivity index (χ4n) is 2.26. The summed E-state index contributed by atoms with van der Waals surface area (Å²) in [6, 6.07) is 8.38. The molecule has 1 aromatic rings. The third-order valence-electron chi connectivity index (χ3n) is 4.01. The van der Waals surface area contributed by atoms with Crippen LogP contribution in [0.2, 0.25) is 0 Å². The van der Waals surface area contributed by atoms with Gasteiger partial charge in [0, 0.05) is 6.54 Å². The molecule has 0 aliphatic heterocycles. The molecule has 0 saturated heterocycles. The van der Waals surface area contributed by atoms with E-state index in [9.17, 15) is 4.79 Å². The average molecular weight is 260 g/mol. The van der Waals surface area contributed by atoms with Crippen molar-refractivity contribution in [2.24, 2.45) is 11.7 Å². The van der Waals surface area contributed by atoms with Gasteiger partial charge in [0.25, 0.3) is 0 Å². The summed E-state index contributed by atoms with van der Waals surface area (Å²) in [6.07, 6.45) is 2.15. The van der Waals surface area contributed by atoms with Gasteiger partial charge in [0.15, 0.2) is 0 Å². The Kier molecular flexibility index (Phi) is 3.95. The largest absolute Gasteiger partial charge is 0.350 e. The molecular weight excluding hydrogens is 236 g/mol. The zero-order chi connectivity index (χ0) is 14.0. The van der Waals surface area contributed by atoms with E-state index in [0.717, 1.165) is 18.4 Å². The summed E-state index contributed by atoms with van der Waals surface area (Å²) in [4.78, 5) is 12.1. The molecule has 1 atom stereocenters. The number of hydrogen-bond donors (Lipinski definition) is 2. The van der Waals surface area contributed by atoms with Crippen molar-refractivity contribution in [2.75, 3.05) is 0 Å². The van der Waals surface area contributed by atoms with Crippen molar-refractivity contribution in [2.45, 2.75) is 51.6 Å². The number of carbonyl (C=O) groups excluding carboxylic acids is 1. The maximum Gasteiger partial charge on any atom is 0.240 e. The van der Waals surface area contributed by atoms with E-state index in [1.54, 1.807) is 0 Å². The maximum atomic E-state index is 12.1. The van der Waals surface area contributed by atoms with Crippen LogP contribution in [-0.4, -0.2) is 11.4 Å². The van der Waals surface area contributed by atoms with E-state index in [2.05, 4.69) is 43.4 Å². The molecule has 3 nitrogen and oxygen atoms in total. The summed E-state index contributed by atoms with van der Waals surface area (Å²) in [7, 11) is 0. The first-order valence-corrected chi connectivity index (χ1v) is 7.07. The van der Waals surface area contributed by atoms with Crippen LogP contribution >= 0.6 is 0 Å². The number of rotatable bonds is 5. The van der Waals surface area contributed by atoms with Gasteiger partial charge in [-0.2, -0.15) is 0 Å². The van der Waals surface area contributed by atoms with Crippen LogP contribution in [-0.2, 0) is 11.3 Å². The van der Waals surface area contributed by atoms with Crippen LogP contribution in [0.15, 0.2) is 24.3 Å². The Bertz CT molecular complexity index is 444. The van der Waals surface area contributed by atoms with Crippen molar-refractivity contribution < 1.29 is 4.79 Å². The summed E-state index contributed by atoms with van der Waals surface area (Å²) < 4.78 is 0. The molecule has 1 saturated carbocycles. The van der Waals surface area contributed by atoms with Gasteiger partial charge in [-0.15, -0.1) is 0 Å². The summed E-state index contributed by atoms with van der Waals surface area (Å²) in [5.74, 6) is 0.851. The smallest absolute Gasteiger partial charge is 0.240 e. The molecule has 0 radical (unpaired) electrons. The Morgan fingerprint density at radius 3 is 2.42 bits per heavy atom. The topological polar surface area (TPSA) is 55.1 Å². The Morgan fingerprint density at radius 2 is 1.95 bits per heavy atom. The van der Waals surface area contributed by atoms with Crippen LogP contribution in [0.3, 0.4) is 0 Å². The summed E-state index contributed by atoms with van der Waals surface area (Å²) in [6.45, 7) is 6.73. The lowest BCUT2D eigenvalue weighted by molar-refractivity contribution is -0.126. The minimum absolute atomic E-state index is 0.0389. The van der Waals surface area contributed by atoms with Gasteiger partial charge in [0.2, 0.25) is 5.91 Å². The predicted octanol–water partition coefficient (Wildman–Crippen LogP) is 2.55. The quantitative estimate of drug-likeness (QED) is 0.855. The van der Waals surface area contributed by atoms with Gasteiger partial charge >= 0.3 is 0 Å². The molecule has 1 aromatic carbocycles.